The molecular formula is C12H19N3O2. The summed E-state index contributed by atoms with van der Waals surface area (Å²) >= 11 is 0. The second kappa shape index (κ2) is 5.63. The molecule has 0 bridgehead atoms. The molecule has 0 aromatic carbocycles. The highest BCUT2D eigenvalue weighted by molar-refractivity contribution is 5.93. The van der Waals surface area contributed by atoms with Crippen molar-refractivity contribution in [3.05, 3.63) is 33.7 Å². The molecule has 0 saturated carbocycles. The Labute approximate surface area is 100 Å². The van der Waals surface area contributed by atoms with E-state index in [0.717, 1.165) is 5.69 Å². The van der Waals surface area contributed by atoms with Crippen LogP contribution in [-0.2, 0) is 0 Å². The third kappa shape index (κ3) is 4.03. The number of aryl methyl sites for hydroxylation is 1. The van der Waals surface area contributed by atoms with Crippen LogP contribution in [0.15, 0.2) is 17.1 Å². The standard InChI is InChI=1S/C12H19N3O2/c1-7(13)4-9(3)15-12(17)10-6-14-8(2)5-11(10)16/h5-7,9H,4,13H2,1-3H3,(H,14,16)(H,15,17). The van der Waals surface area contributed by atoms with Crippen molar-refractivity contribution in [1.29, 1.82) is 0 Å². The molecule has 0 fully saturated rings. The van der Waals surface area contributed by atoms with Crippen LogP contribution in [0.4, 0.5) is 0 Å². The van der Waals surface area contributed by atoms with E-state index >= 15 is 0 Å². The lowest BCUT2D eigenvalue weighted by Crippen LogP contribution is -2.38. The molecule has 1 amide bonds. The third-order valence-corrected chi connectivity index (χ3v) is 2.40. The molecule has 1 aromatic heterocycles. The normalized spacial score (nSPS) is 14.1. The van der Waals surface area contributed by atoms with Crippen LogP contribution >= 0.6 is 0 Å². The second-order valence-electron chi connectivity index (χ2n) is 4.48. The van der Waals surface area contributed by atoms with Crippen molar-refractivity contribution >= 4 is 5.91 Å². The van der Waals surface area contributed by atoms with Gasteiger partial charge in [-0.1, -0.05) is 0 Å². The number of hydrogen-bond donors (Lipinski definition) is 3. The average Bonchev–Trinajstić information content (AvgIpc) is 2.15. The van der Waals surface area contributed by atoms with E-state index in [1.165, 1.54) is 12.3 Å². The molecule has 94 valence electrons. The predicted molar refractivity (Wildman–Crippen MR) is 67.0 cm³/mol. The zero-order valence-corrected chi connectivity index (χ0v) is 10.4. The number of carbonyl (C=O) groups excluding carboxylic acids is 1. The molecule has 0 aliphatic heterocycles. The monoisotopic (exact) mass is 237 g/mol. The Hall–Kier alpha value is -1.62. The Morgan fingerprint density at radius 3 is 2.71 bits per heavy atom. The van der Waals surface area contributed by atoms with Crippen LogP contribution < -0.4 is 16.5 Å². The van der Waals surface area contributed by atoms with E-state index in [0.29, 0.717) is 6.42 Å². The molecule has 0 aliphatic carbocycles. The van der Waals surface area contributed by atoms with Gasteiger partial charge in [-0.25, -0.2) is 0 Å². The van der Waals surface area contributed by atoms with Crippen molar-refractivity contribution < 1.29 is 4.79 Å². The van der Waals surface area contributed by atoms with Gasteiger partial charge in [0.05, 0.1) is 0 Å². The summed E-state index contributed by atoms with van der Waals surface area (Å²) in [6.45, 7) is 5.51. The summed E-state index contributed by atoms with van der Waals surface area (Å²) in [5.41, 5.74) is 6.23. The lowest BCUT2D eigenvalue weighted by atomic mass is 10.1. The fraction of sp³-hybridized carbons (Fsp3) is 0.500. The minimum Gasteiger partial charge on any atom is -0.364 e. The molecule has 5 nitrogen and oxygen atoms in total. The van der Waals surface area contributed by atoms with Gasteiger partial charge in [0, 0.05) is 30.0 Å². The van der Waals surface area contributed by atoms with Gasteiger partial charge >= 0.3 is 0 Å². The van der Waals surface area contributed by atoms with E-state index in [4.69, 9.17) is 5.73 Å². The first-order valence-corrected chi connectivity index (χ1v) is 5.66. The Balaban J connectivity index is 2.73. The number of hydrogen-bond acceptors (Lipinski definition) is 3. The molecule has 2 unspecified atom stereocenters. The molecule has 17 heavy (non-hydrogen) atoms. The highest BCUT2D eigenvalue weighted by atomic mass is 16.2. The third-order valence-electron chi connectivity index (χ3n) is 2.40. The topological polar surface area (TPSA) is 88.0 Å². The van der Waals surface area contributed by atoms with Crippen LogP contribution in [0.2, 0.25) is 0 Å². The van der Waals surface area contributed by atoms with Gasteiger partial charge in [-0.3, -0.25) is 9.59 Å². The van der Waals surface area contributed by atoms with Crippen LogP contribution in [0.1, 0.15) is 36.3 Å². The van der Waals surface area contributed by atoms with E-state index < -0.39 is 0 Å². The van der Waals surface area contributed by atoms with E-state index in [-0.39, 0.29) is 29.0 Å². The average molecular weight is 237 g/mol. The van der Waals surface area contributed by atoms with Gasteiger partial charge in [0.2, 0.25) is 0 Å². The molecule has 1 heterocycles. The van der Waals surface area contributed by atoms with Crippen LogP contribution in [0.3, 0.4) is 0 Å². The molecule has 0 saturated heterocycles. The van der Waals surface area contributed by atoms with Gasteiger partial charge in [-0.2, -0.15) is 0 Å². The smallest absolute Gasteiger partial charge is 0.256 e. The molecular weight excluding hydrogens is 218 g/mol. The van der Waals surface area contributed by atoms with Crippen molar-refractivity contribution in [1.82, 2.24) is 10.3 Å². The molecule has 0 aliphatic rings. The number of carbonyl (C=O) groups is 1. The lowest BCUT2D eigenvalue weighted by molar-refractivity contribution is 0.0936. The van der Waals surface area contributed by atoms with Gasteiger partial charge in [0.15, 0.2) is 5.43 Å². The Morgan fingerprint density at radius 2 is 2.18 bits per heavy atom. The summed E-state index contributed by atoms with van der Waals surface area (Å²) in [7, 11) is 0. The highest BCUT2D eigenvalue weighted by Gasteiger charge is 2.13. The number of aromatic nitrogens is 1. The second-order valence-corrected chi connectivity index (χ2v) is 4.48. The lowest BCUT2D eigenvalue weighted by Gasteiger charge is -2.15. The number of nitrogens with one attached hydrogen (secondary N) is 2. The molecule has 0 radical (unpaired) electrons. The summed E-state index contributed by atoms with van der Waals surface area (Å²) in [4.78, 5) is 26.2. The van der Waals surface area contributed by atoms with E-state index in [2.05, 4.69) is 10.3 Å². The SMILES string of the molecule is Cc1cc(=O)c(C(=O)NC(C)CC(C)N)c[nH]1. The van der Waals surface area contributed by atoms with E-state index in [1.807, 2.05) is 13.8 Å². The maximum atomic E-state index is 11.8. The number of aromatic amines is 1. The fourth-order valence-corrected chi connectivity index (χ4v) is 1.67. The van der Waals surface area contributed by atoms with E-state index in [1.54, 1.807) is 6.92 Å². The Bertz CT molecular complexity index is 451. The summed E-state index contributed by atoms with van der Waals surface area (Å²) < 4.78 is 0. The zero-order chi connectivity index (χ0) is 13.0. The molecule has 1 aromatic rings. The maximum Gasteiger partial charge on any atom is 0.256 e. The van der Waals surface area contributed by atoms with Crippen LogP contribution in [-0.4, -0.2) is 23.0 Å². The summed E-state index contributed by atoms with van der Waals surface area (Å²) in [6, 6.07) is 1.37. The Morgan fingerprint density at radius 1 is 1.53 bits per heavy atom. The zero-order valence-electron chi connectivity index (χ0n) is 10.4. The van der Waals surface area contributed by atoms with Gasteiger partial charge in [0.25, 0.3) is 5.91 Å². The first-order chi connectivity index (χ1) is 7.90. The molecule has 0 spiro atoms. The molecule has 4 N–H and O–H groups in total. The minimum absolute atomic E-state index is 0.0154. The Kier molecular flexibility index (Phi) is 4.45. The first kappa shape index (κ1) is 13.4. The van der Waals surface area contributed by atoms with Crippen molar-refractivity contribution in [2.24, 2.45) is 5.73 Å². The van der Waals surface area contributed by atoms with Crippen molar-refractivity contribution in [3.63, 3.8) is 0 Å². The summed E-state index contributed by atoms with van der Waals surface area (Å²) in [5, 5.41) is 2.75. The van der Waals surface area contributed by atoms with Crippen LogP contribution in [0, 0.1) is 6.92 Å². The van der Waals surface area contributed by atoms with Gasteiger partial charge < -0.3 is 16.0 Å². The number of rotatable bonds is 4. The number of nitrogens with two attached hydrogens (primary N) is 1. The summed E-state index contributed by atoms with van der Waals surface area (Å²) in [6.07, 6.45) is 2.11. The quantitative estimate of drug-likeness (QED) is 0.714. The van der Waals surface area contributed by atoms with Gasteiger partial charge in [-0.05, 0) is 27.2 Å². The van der Waals surface area contributed by atoms with Crippen molar-refractivity contribution in [2.45, 2.75) is 39.3 Å². The largest absolute Gasteiger partial charge is 0.364 e. The fourth-order valence-electron chi connectivity index (χ4n) is 1.67. The van der Waals surface area contributed by atoms with Crippen molar-refractivity contribution in [3.8, 4) is 0 Å². The molecule has 1 rings (SSSR count). The predicted octanol–water partition coefficient (Wildman–Crippen LogP) is 0.539. The first-order valence-electron chi connectivity index (χ1n) is 5.66. The van der Waals surface area contributed by atoms with Gasteiger partial charge in [0.1, 0.15) is 5.56 Å². The number of H-pyrrole nitrogens is 1. The minimum atomic E-state index is -0.362. The van der Waals surface area contributed by atoms with Gasteiger partial charge in [-0.15, -0.1) is 0 Å². The molecule has 2 atom stereocenters. The highest BCUT2D eigenvalue weighted by Crippen LogP contribution is 1.97. The summed E-state index contributed by atoms with van der Waals surface area (Å²) in [5.74, 6) is -0.362. The molecule has 5 heteroatoms. The van der Waals surface area contributed by atoms with E-state index in [9.17, 15) is 9.59 Å². The van der Waals surface area contributed by atoms with Crippen molar-refractivity contribution in [2.75, 3.05) is 0 Å². The number of pyridine rings is 1. The van der Waals surface area contributed by atoms with Crippen LogP contribution in [0.25, 0.3) is 0 Å². The maximum absolute atomic E-state index is 11.8. The number of amides is 1. The van der Waals surface area contributed by atoms with Crippen LogP contribution in [0.5, 0.6) is 0 Å².